The summed E-state index contributed by atoms with van der Waals surface area (Å²) in [5.41, 5.74) is 6.68. The molecule has 0 aliphatic carbocycles. The molecule has 1 aromatic rings. The number of benzene rings is 1. The minimum Gasteiger partial charge on any atom is -0.387 e. The first-order valence-electron chi connectivity index (χ1n) is 6.57. The normalized spacial score (nSPS) is 12.3. The van der Waals surface area contributed by atoms with Gasteiger partial charge in [0.2, 0.25) is 0 Å². The molecule has 0 aliphatic heterocycles. The predicted molar refractivity (Wildman–Crippen MR) is 82.2 cm³/mol. The van der Waals surface area contributed by atoms with Crippen LogP contribution in [0.25, 0.3) is 0 Å². The smallest absolute Gasteiger partial charge is 0.107 e. The molecule has 0 atom stereocenters. The molecule has 0 saturated carbocycles. The van der Waals surface area contributed by atoms with Gasteiger partial charge in [-0.2, -0.15) is 0 Å². The predicted octanol–water partition coefficient (Wildman–Crippen LogP) is 3.16. The molecule has 1 rings (SSSR count). The number of nitrogens with two attached hydrogens (primary N) is 1. The van der Waals surface area contributed by atoms with Crippen LogP contribution < -0.4 is 5.73 Å². The Hall–Kier alpha value is -1.84. The molecule has 0 spiro atoms. The Labute approximate surface area is 115 Å². The lowest BCUT2D eigenvalue weighted by Crippen LogP contribution is -2.46. The molecule has 1 aromatic carbocycles. The minimum absolute atomic E-state index is 0.0706. The molecule has 4 heteroatoms. The molecular weight excluding hydrogens is 236 g/mol. The van der Waals surface area contributed by atoms with Crippen LogP contribution in [0.3, 0.4) is 0 Å². The number of hydrogen-bond acceptors (Lipinski definition) is 2. The van der Waals surface area contributed by atoms with Crippen molar-refractivity contribution in [2.45, 2.75) is 39.7 Å². The van der Waals surface area contributed by atoms with Gasteiger partial charge >= 0.3 is 0 Å². The second-order valence-electron chi connectivity index (χ2n) is 5.48. The van der Waals surface area contributed by atoms with Gasteiger partial charge in [-0.05, 0) is 39.8 Å². The van der Waals surface area contributed by atoms with E-state index in [-0.39, 0.29) is 5.54 Å². The van der Waals surface area contributed by atoms with Crippen LogP contribution in [0, 0.1) is 5.41 Å². The highest BCUT2D eigenvalue weighted by Crippen LogP contribution is 2.15. The molecule has 0 aliphatic rings. The monoisotopic (exact) mass is 260 g/mol. The number of aliphatic imine (C=N–C) groups is 1. The first kappa shape index (κ1) is 15.2. The Morgan fingerprint density at radius 3 is 2.32 bits per heavy atom. The summed E-state index contributed by atoms with van der Waals surface area (Å²) in [6.45, 7) is 9.12. The first-order chi connectivity index (χ1) is 8.84. The quantitative estimate of drug-likeness (QED) is 0.645. The van der Waals surface area contributed by atoms with Crippen LogP contribution >= 0.6 is 0 Å². The third kappa shape index (κ3) is 4.73. The fourth-order valence-electron chi connectivity index (χ4n) is 2.04. The van der Waals surface area contributed by atoms with Gasteiger partial charge in [0.05, 0.1) is 12.1 Å². The molecule has 104 valence electrons. The first-order valence-corrected chi connectivity index (χ1v) is 6.57. The summed E-state index contributed by atoms with van der Waals surface area (Å²) in [5, 5.41) is 8.16. The average molecular weight is 260 g/mol. The van der Waals surface area contributed by atoms with Crippen LogP contribution in [0.5, 0.6) is 0 Å². The Bertz CT molecular complexity index is 443. The minimum atomic E-state index is -0.0706. The Balaban J connectivity index is 2.74. The number of hydrogen-bond donors (Lipinski definition) is 2. The Morgan fingerprint density at radius 1 is 1.26 bits per heavy atom. The summed E-state index contributed by atoms with van der Waals surface area (Å²) >= 11 is 0. The molecule has 0 saturated heterocycles. The zero-order chi connectivity index (χ0) is 14.5. The van der Waals surface area contributed by atoms with E-state index in [1.807, 2.05) is 42.2 Å². The summed E-state index contributed by atoms with van der Waals surface area (Å²) in [5.74, 6) is 0.978. The van der Waals surface area contributed by atoms with E-state index < -0.39 is 0 Å². The van der Waals surface area contributed by atoms with Crippen LogP contribution in [-0.4, -0.2) is 28.7 Å². The van der Waals surface area contributed by atoms with E-state index in [1.54, 1.807) is 0 Å². The maximum Gasteiger partial charge on any atom is 0.107 e. The van der Waals surface area contributed by atoms with Gasteiger partial charge in [0.15, 0.2) is 0 Å². The number of rotatable bonds is 4. The Morgan fingerprint density at radius 2 is 1.84 bits per heavy atom. The lowest BCUT2D eigenvalue weighted by atomic mass is 10.1. The highest BCUT2D eigenvalue weighted by Gasteiger charge is 2.22. The van der Waals surface area contributed by atoms with E-state index in [9.17, 15) is 0 Å². The van der Waals surface area contributed by atoms with Crippen molar-refractivity contribution in [2.24, 2.45) is 10.7 Å². The van der Waals surface area contributed by atoms with E-state index in [2.05, 4.69) is 25.8 Å². The van der Waals surface area contributed by atoms with Gasteiger partial charge in [0.1, 0.15) is 11.7 Å². The summed E-state index contributed by atoms with van der Waals surface area (Å²) in [4.78, 5) is 6.35. The van der Waals surface area contributed by atoms with Crippen LogP contribution in [0.4, 0.5) is 5.69 Å². The molecule has 0 fully saturated rings. The molecule has 0 unspecified atom stereocenters. The zero-order valence-electron chi connectivity index (χ0n) is 12.3. The topological polar surface area (TPSA) is 65.5 Å². The van der Waals surface area contributed by atoms with E-state index in [0.717, 1.165) is 12.2 Å². The van der Waals surface area contributed by atoms with E-state index >= 15 is 0 Å². The van der Waals surface area contributed by atoms with Gasteiger partial charge in [-0.15, -0.1) is 0 Å². The second kappa shape index (κ2) is 6.36. The largest absolute Gasteiger partial charge is 0.387 e. The van der Waals surface area contributed by atoms with Crippen LogP contribution in [0.15, 0.2) is 35.3 Å². The molecule has 0 bridgehead atoms. The van der Waals surface area contributed by atoms with Gasteiger partial charge in [-0.3, -0.25) is 5.41 Å². The van der Waals surface area contributed by atoms with Crippen molar-refractivity contribution in [1.29, 1.82) is 5.41 Å². The molecule has 4 nitrogen and oxygen atoms in total. The number of nitrogens with zero attached hydrogens (tertiary/aromatic N) is 2. The molecule has 0 amide bonds. The SMILES string of the molecule is CCN(C(=N)CC(N)=Nc1ccccc1)C(C)(C)C. The van der Waals surface area contributed by atoms with Gasteiger partial charge in [0.25, 0.3) is 0 Å². The summed E-state index contributed by atoms with van der Waals surface area (Å²) in [6, 6.07) is 9.58. The summed E-state index contributed by atoms with van der Waals surface area (Å²) < 4.78 is 0. The third-order valence-corrected chi connectivity index (χ3v) is 2.83. The van der Waals surface area contributed by atoms with Crippen molar-refractivity contribution in [1.82, 2.24) is 4.90 Å². The second-order valence-corrected chi connectivity index (χ2v) is 5.48. The van der Waals surface area contributed by atoms with Crippen molar-refractivity contribution in [3.8, 4) is 0 Å². The fourth-order valence-corrected chi connectivity index (χ4v) is 2.04. The van der Waals surface area contributed by atoms with Crippen molar-refractivity contribution in [3.05, 3.63) is 30.3 Å². The van der Waals surface area contributed by atoms with Gasteiger partial charge in [-0.25, -0.2) is 4.99 Å². The van der Waals surface area contributed by atoms with E-state index in [4.69, 9.17) is 11.1 Å². The Kier molecular flexibility index (Phi) is 5.10. The van der Waals surface area contributed by atoms with Crippen molar-refractivity contribution >= 4 is 17.4 Å². The maximum atomic E-state index is 8.16. The standard InChI is InChI=1S/C15H24N4/c1-5-19(15(2,3)4)14(17)11-13(16)18-12-9-7-6-8-10-12/h6-10,17H,5,11H2,1-4H3,(H2,16,18). The van der Waals surface area contributed by atoms with Gasteiger partial charge in [-0.1, -0.05) is 18.2 Å². The average Bonchev–Trinajstić information content (AvgIpc) is 2.28. The number of para-hydroxylation sites is 1. The molecule has 0 heterocycles. The van der Waals surface area contributed by atoms with Crippen LogP contribution in [-0.2, 0) is 0 Å². The summed E-state index contributed by atoms with van der Waals surface area (Å²) in [7, 11) is 0. The van der Waals surface area contributed by atoms with E-state index in [1.165, 1.54) is 0 Å². The third-order valence-electron chi connectivity index (χ3n) is 2.83. The molecule has 19 heavy (non-hydrogen) atoms. The van der Waals surface area contributed by atoms with Crippen molar-refractivity contribution < 1.29 is 0 Å². The van der Waals surface area contributed by atoms with Crippen LogP contribution in [0.2, 0.25) is 0 Å². The number of amidine groups is 2. The fraction of sp³-hybridized carbons (Fsp3) is 0.467. The lowest BCUT2D eigenvalue weighted by Gasteiger charge is -2.36. The number of nitrogens with one attached hydrogen (secondary N) is 1. The molecule has 0 radical (unpaired) electrons. The maximum absolute atomic E-state index is 8.16. The lowest BCUT2D eigenvalue weighted by molar-refractivity contribution is 0.243. The highest BCUT2D eigenvalue weighted by molar-refractivity contribution is 6.01. The van der Waals surface area contributed by atoms with Crippen molar-refractivity contribution in [2.75, 3.05) is 6.54 Å². The van der Waals surface area contributed by atoms with Crippen molar-refractivity contribution in [3.63, 3.8) is 0 Å². The van der Waals surface area contributed by atoms with Crippen LogP contribution in [0.1, 0.15) is 34.1 Å². The van der Waals surface area contributed by atoms with E-state index in [0.29, 0.717) is 18.1 Å². The molecule has 0 aromatic heterocycles. The molecule has 3 N–H and O–H groups in total. The molecular formula is C15H24N4. The highest BCUT2D eigenvalue weighted by atomic mass is 15.2. The zero-order valence-corrected chi connectivity index (χ0v) is 12.3. The summed E-state index contributed by atoms with van der Waals surface area (Å²) in [6.07, 6.45) is 0.375. The van der Waals surface area contributed by atoms with Gasteiger partial charge < -0.3 is 10.6 Å². The van der Waals surface area contributed by atoms with Gasteiger partial charge in [0, 0.05) is 12.1 Å².